The monoisotopic (exact) mass is 406 g/mol. The van der Waals surface area contributed by atoms with Crippen molar-refractivity contribution in [2.24, 2.45) is 5.92 Å². The number of carbonyl (C=O) groups excluding carboxylic acids is 1. The molecule has 2 aromatic carbocycles. The normalized spacial score (nSPS) is 17.3. The largest absolute Gasteiger partial charge is 0.490 e. The van der Waals surface area contributed by atoms with E-state index in [1.54, 1.807) is 30.5 Å². The predicted molar refractivity (Wildman–Crippen MR) is 111 cm³/mol. The van der Waals surface area contributed by atoms with Gasteiger partial charge in [0.15, 0.2) is 11.5 Å². The van der Waals surface area contributed by atoms with Crippen LogP contribution in [0.1, 0.15) is 30.4 Å². The van der Waals surface area contributed by atoms with Crippen LogP contribution in [-0.4, -0.2) is 17.5 Å². The van der Waals surface area contributed by atoms with Crippen molar-refractivity contribution in [1.82, 2.24) is 10.3 Å². The highest BCUT2D eigenvalue weighted by atomic mass is 19.1. The standard InChI is InChI=1S/C24H23FN2O3/c1-2-29-21-9-5-6-10-22(21)30-23-12-11-16(14-26-23)15-27-24(28)19-13-18(19)17-7-3-4-8-20(17)25/h3-12,14,18-19H,2,13,15H2,1H3,(H,27,28). The zero-order valence-electron chi connectivity index (χ0n) is 16.7. The van der Waals surface area contributed by atoms with E-state index in [1.807, 2.05) is 37.3 Å². The fraction of sp³-hybridized carbons (Fsp3) is 0.250. The number of hydrogen-bond acceptors (Lipinski definition) is 4. The van der Waals surface area contributed by atoms with E-state index in [0.717, 1.165) is 5.56 Å². The highest BCUT2D eigenvalue weighted by molar-refractivity contribution is 5.82. The highest BCUT2D eigenvalue weighted by Crippen LogP contribution is 2.48. The van der Waals surface area contributed by atoms with Crippen molar-refractivity contribution < 1.29 is 18.7 Å². The number of benzene rings is 2. The molecular weight excluding hydrogens is 383 g/mol. The highest BCUT2D eigenvalue weighted by Gasteiger charge is 2.44. The number of carbonyl (C=O) groups is 1. The Morgan fingerprint density at radius 3 is 2.60 bits per heavy atom. The average molecular weight is 406 g/mol. The van der Waals surface area contributed by atoms with Crippen molar-refractivity contribution in [2.75, 3.05) is 6.61 Å². The van der Waals surface area contributed by atoms with Gasteiger partial charge in [0.1, 0.15) is 5.82 Å². The average Bonchev–Trinajstić information content (AvgIpc) is 3.56. The fourth-order valence-corrected chi connectivity index (χ4v) is 3.42. The molecule has 1 saturated carbocycles. The van der Waals surface area contributed by atoms with Crippen LogP contribution in [0.4, 0.5) is 4.39 Å². The minimum atomic E-state index is -0.247. The maximum atomic E-state index is 13.9. The number of nitrogens with zero attached hydrogens (tertiary/aromatic N) is 1. The summed E-state index contributed by atoms with van der Waals surface area (Å²) < 4.78 is 25.2. The van der Waals surface area contributed by atoms with Gasteiger partial charge in [0, 0.05) is 24.7 Å². The Morgan fingerprint density at radius 2 is 1.87 bits per heavy atom. The first-order valence-electron chi connectivity index (χ1n) is 10.0. The predicted octanol–water partition coefficient (Wildman–Crippen LogP) is 4.83. The number of pyridine rings is 1. The lowest BCUT2D eigenvalue weighted by atomic mass is 10.1. The Bertz CT molecular complexity index is 1020. The van der Waals surface area contributed by atoms with Crippen molar-refractivity contribution >= 4 is 5.91 Å². The van der Waals surface area contributed by atoms with Gasteiger partial charge in [-0.05, 0) is 48.6 Å². The summed E-state index contributed by atoms with van der Waals surface area (Å²) in [6, 6.07) is 17.7. The van der Waals surface area contributed by atoms with Crippen LogP contribution in [0, 0.1) is 11.7 Å². The molecule has 0 spiro atoms. The zero-order chi connectivity index (χ0) is 20.9. The van der Waals surface area contributed by atoms with E-state index in [9.17, 15) is 9.18 Å². The van der Waals surface area contributed by atoms with E-state index in [2.05, 4.69) is 10.3 Å². The van der Waals surface area contributed by atoms with Crippen LogP contribution < -0.4 is 14.8 Å². The lowest BCUT2D eigenvalue weighted by Gasteiger charge is -2.11. The Kier molecular flexibility index (Phi) is 5.93. The van der Waals surface area contributed by atoms with Gasteiger partial charge in [-0.3, -0.25) is 4.79 Å². The molecule has 1 fully saturated rings. The van der Waals surface area contributed by atoms with E-state index in [1.165, 1.54) is 6.07 Å². The molecule has 4 rings (SSSR count). The Labute approximate surface area is 174 Å². The maximum Gasteiger partial charge on any atom is 0.224 e. The van der Waals surface area contributed by atoms with Crippen molar-refractivity contribution in [3.05, 3.63) is 83.8 Å². The van der Waals surface area contributed by atoms with Gasteiger partial charge in [-0.2, -0.15) is 0 Å². The molecule has 0 bridgehead atoms. The van der Waals surface area contributed by atoms with Gasteiger partial charge < -0.3 is 14.8 Å². The first kappa shape index (κ1) is 19.9. The zero-order valence-corrected chi connectivity index (χ0v) is 16.7. The van der Waals surface area contributed by atoms with Crippen molar-refractivity contribution in [1.29, 1.82) is 0 Å². The van der Waals surface area contributed by atoms with Gasteiger partial charge >= 0.3 is 0 Å². The van der Waals surface area contributed by atoms with Crippen LogP contribution in [0.2, 0.25) is 0 Å². The van der Waals surface area contributed by atoms with E-state index >= 15 is 0 Å². The molecule has 154 valence electrons. The third kappa shape index (κ3) is 4.59. The summed E-state index contributed by atoms with van der Waals surface area (Å²) in [5.41, 5.74) is 1.48. The summed E-state index contributed by atoms with van der Waals surface area (Å²) in [6.07, 6.45) is 2.34. The molecule has 5 nitrogen and oxygen atoms in total. The molecule has 30 heavy (non-hydrogen) atoms. The van der Waals surface area contributed by atoms with Crippen molar-refractivity contribution in [2.45, 2.75) is 25.8 Å². The Morgan fingerprint density at radius 1 is 1.10 bits per heavy atom. The van der Waals surface area contributed by atoms with Crippen LogP contribution >= 0.6 is 0 Å². The third-order valence-electron chi connectivity index (χ3n) is 5.06. The third-order valence-corrected chi connectivity index (χ3v) is 5.06. The lowest BCUT2D eigenvalue weighted by Crippen LogP contribution is -2.25. The molecule has 2 unspecified atom stereocenters. The Balaban J connectivity index is 1.30. The molecule has 1 aliphatic carbocycles. The fourth-order valence-electron chi connectivity index (χ4n) is 3.42. The quantitative estimate of drug-likeness (QED) is 0.582. The molecule has 3 aromatic rings. The molecule has 0 radical (unpaired) electrons. The number of rotatable bonds is 8. The first-order valence-corrected chi connectivity index (χ1v) is 10.0. The molecule has 1 amide bonds. The summed E-state index contributed by atoms with van der Waals surface area (Å²) in [4.78, 5) is 16.7. The van der Waals surface area contributed by atoms with Gasteiger partial charge in [-0.25, -0.2) is 9.37 Å². The minimum Gasteiger partial charge on any atom is -0.490 e. The Hall–Kier alpha value is -3.41. The van der Waals surface area contributed by atoms with Crippen LogP contribution in [0.15, 0.2) is 66.9 Å². The summed E-state index contributed by atoms with van der Waals surface area (Å²) in [5, 5.41) is 2.91. The van der Waals surface area contributed by atoms with E-state index in [-0.39, 0.29) is 23.6 Å². The molecule has 0 saturated heterocycles. The maximum absolute atomic E-state index is 13.9. The van der Waals surface area contributed by atoms with Gasteiger partial charge in [0.25, 0.3) is 0 Å². The summed E-state index contributed by atoms with van der Waals surface area (Å²) in [6.45, 7) is 2.83. The van der Waals surface area contributed by atoms with Crippen LogP contribution in [-0.2, 0) is 11.3 Å². The topological polar surface area (TPSA) is 60.5 Å². The van der Waals surface area contributed by atoms with Crippen molar-refractivity contribution in [3.63, 3.8) is 0 Å². The number of nitrogens with one attached hydrogen (secondary N) is 1. The second kappa shape index (κ2) is 8.95. The van der Waals surface area contributed by atoms with E-state index < -0.39 is 0 Å². The number of aromatic nitrogens is 1. The van der Waals surface area contributed by atoms with Crippen LogP contribution in [0.5, 0.6) is 17.4 Å². The SMILES string of the molecule is CCOc1ccccc1Oc1ccc(CNC(=O)C2CC2c2ccccc2F)cn1. The second-order valence-corrected chi connectivity index (χ2v) is 7.17. The van der Waals surface area contributed by atoms with Gasteiger partial charge in [-0.1, -0.05) is 36.4 Å². The van der Waals surface area contributed by atoms with E-state index in [0.29, 0.717) is 42.5 Å². The second-order valence-electron chi connectivity index (χ2n) is 7.17. The molecular formula is C24H23FN2O3. The number of para-hydroxylation sites is 2. The van der Waals surface area contributed by atoms with Crippen molar-refractivity contribution in [3.8, 4) is 17.4 Å². The molecule has 1 heterocycles. The van der Waals surface area contributed by atoms with Gasteiger partial charge in [0.2, 0.25) is 11.8 Å². The van der Waals surface area contributed by atoms with Crippen LogP contribution in [0.3, 0.4) is 0 Å². The molecule has 0 aliphatic heterocycles. The number of halogens is 1. The summed E-state index contributed by atoms with van der Waals surface area (Å²) in [7, 11) is 0. The minimum absolute atomic E-state index is 0.0366. The summed E-state index contributed by atoms with van der Waals surface area (Å²) >= 11 is 0. The molecule has 1 N–H and O–H groups in total. The summed E-state index contributed by atoms with van der Waals surface area (Å²) in [5.74, 6) is 1.18. The molecule has 1 aromatic heterocycles. The molecule has 6 heteroatoms. The van der Waals surface area contributed by atoms with E-state index in [4.69, 9.17) is 9.47 Å². The van der Waals surface area contributed by atoms with Gasteiger partial charge in [0.05, 0.1) is 6.61 Å². The van der Waals surface area contributed by atoms with Gasteiger partial charge in [-0.15, -0.1) is 0 Å². The molecule has 1 aliphatic rings. The number of amides is 1. The smallest absolute Gasteiger partial charge is 0.224 e. The number of ether oxygens (including phenoxy) is 2. The molecule has 2 atom stereocenters. The number of hydrogen-bond donors (Lipinski definition) is 1. The van der Waals surface area contributed by atoms with Crippen LogP contribution in [0.25, 0.3) is 0 Å². The lowest BCUT2D eigenvalue weighted by molar-refractivity contribution is -0.122. The first-order chi connectivity index (χ1) is 14.7.